The van der Waals surface area contributed by atoms with E-state index in [1.54, 1.807) is 30.3 Å². The first-order valence-electron chi connectivity index (χ1n) is 11.1. The van der Waals surface area contributed by atoms with Crippen LogP contribution in [0.5, 0.6) is 5.75 Å². The molecule has 184 valence electrons. The molecule has 0 aliphatic heterocycles. The second-order valence-electron chi connectivity index (χ2n) is 7.87. The number of carboxylic acids is 1. The van der Waals surface area contributed by atoms with Crippen LogP contribution in [0.1, 0.15) is 22.3 Å². The number of carbonyl (C=O) groups excluding carboxylic acids is 1. The van der Waals surface area contributed by atoms with Gasteiger partial charge in [0.05, 0.1) is 11.6 Å². The number of halogens is 2. The first kappa shape index (κ1) is 25.3. The number of carboxylic acid groups (broad SMARTS) is 1. The summed E-state index contributed by atoms with van der Waals surface area (Å²) in [5.74, 6) is -0.466. The number of benzene rings is 3. The van der Waals surface area contributed by atoms with Gasteiger partial charge < -0.3 is 19.7 Å². The molecule has 0 saturated heterocycles. The van der Waals surface area contributed by atoms with Crippen LogP contribution < -0.4 is 10.1 Å². The molecule has 2 N–H and O–H groups in total. The summed E-state index contributed by atoms with van der Waals surface area (Å²) in [4.78, 5) is 24.3. The van der Waals surface area contributed by atoms with Crippen molar-refractivity contribution in [2.24, 2.45) is 0 Å². The molecule has 0 unspecified atom stereocenters. The van der Waals surface area contributed by atoms with E-state index in [2.05, 4.69) is 10.5 Å². The molecule has 0 saturated carbocycles. The predicted molar refractivity (Wildman–Crippen MR) is 138 cm³/mol. The fraction of sp³-hybridized carbons (Fsp3) is 0.148. The lowest BCUT2D eigenvalue weighted by molar-refractivity contribution is -0.136. The topological polar surface area (TPSA) is 102 Å². The van der Waals surface area contributed by atoms with Gasteiger partial charge in [0.25, 0.3) is 5.91 Å². The maximum Gasteiger partial charge on any atom is 0.303 e. The number of aromatic nitrogens is 1. The zero-order valence-electron chi connectivity index (χ0n) is 19.0. The highest BCUT2D eigenvalue weighted by Crippen LogP contribution is 2.33. The zero-order valence-corrected chi connectivity index (χ0v) is 20.6. The number of nitrogens with one attached hydrogen (secondary N) is 1. The molecule has 9 heteroatoms. The number of hydrogen-bond donors (Lipinski definition) is 2. The highest BCUT2D eigenvalue weighted by Gasteiger charge is 2.25. The van der Waals surface area contributed by atoms with Crippen molar-refractivity contribution in [2.75, 3.05) is 13.2 Å². The third-order valence-electron chi connectivity index (χ3n) is 5.32. The van der Waals surface area contributed by atoms with Crippen LogP contribution in [0.4, 0.5) is 0 Å². The van der Waals surface area contributed by atoms with Crippen LogP contribution in [0.25, 0.3) is 22.6 Å². The molecule has 0 spiro atoms. The molecular formula is C27H22Cl2N2O5. The number of rotatable bonds is 10. The molecule has 36 heavy (non-hydrogen) atoms. The molecule has 0 bridgehead atoms. The zero-order chi connectivity index (χ0) is 25.5. The van der Waals surface area contributed by atoms with E-state index in [1.807, 2.05) is 42.5 Å². The third kappa shape index (κ3) is 6.24. The number of carbonyl (C=O) groups is 2. The van der Waals surface area contributed by atoms with Crippen LogP contribution in [0.3, 0.4) is 0 Å². The van der Waals surface area contributed by atoms with Gasteiger partial charge in [0.15, 0.2) is 5.76 Å². The van der Waals surface area contributed by atoms with E-state index in [-0.39, 0.29) is 31.0 Å². The highest BCUT2D eigenvalue weighted by atomic mass is 35.5. The van der Waals surface area contributed by atoms with Gasteiger partial charge in [-0.3, -0.25) is 9.59 Å². The van der Waals surface area contributed by atoms with E-state index in [0.29, 0.717) is 44.8 Å². The fourth-order valence-corrected chi connectivity index (χ4v) is 4.08. The summed E-state index contributed by atoms with van der Waals surface area (Å²) in [6.45, 7) is 0.383. The third-order valence-corrected chi connectivity index (χ3v) is 5.85. The van der Waals surface area contributed by atoms with Crippen LogP contribution in [0.2, 0.25) is 10.0 Å². The average Bonchev–Trinajstić information content (AvgIpc) is 3.32. The Hall–Kier alpha value is -3.81. The average molecular weight is 525 g/mol. The molecule has 1 amide bonds. The molecule has 1 heterocycles. The molecule has 7 nitrogen and oxygen atoms in total. The van der Waals surface area contributed by atoms with Crippen molar-refractivity contribution >= 4 is 35.1 Å². The number of ether oxygens (including phenoxy) is 1. The van der Waals surface area contributed by atoms with E-state index in [0.717, 1.165) is 5.56 Å². The van der Waals surface area contributed by atoms with E-state index in [9.17, 15) is 9.59 Å². The van der Waals surface area contributed by atoms with Gasteiger partial charge in [0.1, 0.15) is 23.6 Å². The SMILES string of the molecule is O=C(O)CCc1cccc(-c2noc(-c3ccccc3)c2C(=O)NCCOc2ccc(Cl)cc2Cl)c1. The summed E-state index contributed by atoms with van der Waals surface area (Å²) in [5, 5.41) is 16.9. The highest BCUT2D eigenvalue weighted by molar-refractivity contribution is 6.35. The van der Waals surface area contributed by atoms with E-state index >= 15 is 0 Å². The molecule has 0 aliphatic carbocycles. The summed E-state index contributed by atoms with van der Waals surface area (Å²) < 4.78 is 11.3. The first-order valence-corrected chi connectivity index (χ1v) is 11.9. The lowest BCUT2D eigenvalue weighted by Crippen LogP contribution is -2.28. The number of hydrogen-bond acceptors (Lipinski definition) is 5. The molecule has 0 aliphatic rings. The molecule has 0 fully saturated rings. The minimum atomic E-state index is -0.879. The van der Waals surface area contributed by atoms with Gasteiger partial charge in [-0.1, -0.05) is 76.9 Å². The largest absolute Gasteiger partial charge is 0.490 e. The standard InChI is InChI=1S/C27H22Cl2N2O5/c28-20-10-11-22(21(29)16-20)35-14-13-30-27(34)24-25(31-36-26(24)18-6-2-1-3-7-18)19-8-4-5-17(15-19)9-12-23(32)33/h1-8,10-11,15-16H,9,12-14H2,(H,30,34)(H,32,33). The van der Waals surface area contributed by atoms with Crippen molar-refractivity contribution in [2.45, 2.75) is 12.8 Å². The van der Waals surface area contributed by atoms with Gasteiger partial charge in [-0.2, -0.15) is 0 Å². The molecule has 4 aromatic rings. The second kappa shape index (κ2) is 11.7. The van der Waals surface area contributed by atoms with Gasteiger partial charge >= 0.3 is 5.97 Å². The van der Waals surface area contributed by atoms with Crippen LogP contribution in [0, 0.1) is 0 Å². The minimum Gasteiger partial charge on any atom is -0.490 e. The van der Waals surface area contributed by atoms with Crippen LogP contribution in [0.15, 0.2) is 77.3 Å². The molecule has 0 atom stereocenters. The van der Waals surface area contributed by atoms with Crippen molar-refractivity contribution < 1.29 is 24.0 Å². The number of aryl methyl sites for hydroxylation is 1. The first-order chi connectivity index (χ1) is 17.4. The van der Waals surface area contributed by atoms with E-state index in [1.165, 1.54) is 0 Å². The second-order valence-corrected chi connectivity index (χ2v) is 8.72. The van der Waals surface area contributed by atoms with Crippen LogP contribution in [-0.2, 0) is 11.2 Å². The van der Waals surface area contributed by atoms with Crippen LogP contribution >= 0.6 is 23.2 Å². The van der Waals surface area contributed by atoms with Crippen LogP contribution in [-0.4, -0.2) is 35.3 Å². The quantitative estimate of drug-likeness (QED) is 0.241. The Bertz CT molecular complexity index is 1370. The summed E-state index contributed by atoms with van der Waals surface area (Å²) in [5.41, 5.74) is 2.82. The Labute approximate surface area is 217 Å². The summed E-state index contributed by atoms with van der Waals surface area (Å²) >= 11 is 12.0. The summed E-state index contributed by atoms with van der Waals surface area (Å²) in [7, 11) is 0. The van der Waals surface area contributed by atoms with Crippen molar-refractivity contribution in [3.63, 3.8) is 0 Å². The van der Waals surface area contributed by atoms with Crippen molar-refractivity contribution in [1.82, 2.24) is 10.5 Å². The molecule has 4 rings (SSSR count). The predicted octanol–water partition coefficient (Wildman–Crippen LogP) is 6.14. The van der Waals surface area contributed by atoms with Crippen molar-refractivity contribution in [1.29, 1.82) is 0 Å². The van der Waals surface area contributed by atoms with Gasteiger partial charge in [0.2, 0.25) is 0 Å². The molecule has 1 aromatic heterocycles. The molecular weight excluding hydrogens is 503 g/mol. The lowest BCUT2D eigenvalue weighted by Gasteiger charge is -2.10. The van der Waals surface area contributed by atoms with E-state index in [4.69, 9.17) is 37.6 Å². The van der Waals surface area contributed by atoms with Gasteiger partial charge in [0, 0.05) is 22.6 Å². The number of aliphatic carboxylic acids is 1. The van der Waals surface area contributed by atoms with Gasteiger partial charge in [-0.25, -0.2) is 0 Å². The normalized spacial score (nSPS) is 10.7. The molecule has 3 aromatic carbocycles. The maximum absolute atomic E-state index is 13.3. The summed E-state index contributed by atoms with van der Waals surface area (Å²) in [6, 6.07) is 21.4. The maximum atomic E-state index is 13.3. The van der Waals surface area contributed by atoms with E-state index < -0.39 is 5.97 Å². The Morgan fingerprint density at radius 2 is 1.75 bits per heavy atom. The van der Waals surface area contributed by atoms with Gasteiger partial charge in [-0.05, 0) is 36.2 Å². The minimum absolute atomic E-state index is 0.00249. The number of amides is 1. The smallest absolute Gasteiger partial charge is 0.303 e. The van der Waals surface area contributed by atoms with Crippen molar-refractivity contribution in [3.8, 4) is 28.3 Å². The Balaban J connectivity index is 1.56. The number of nitrogens with zero attached hydrogens (tertiary/aromatic N) is 1. The lowest BCUT2D eigenvalue weighted by atomic mass is 9.99. The fourth-order valence-electron chi connectivity index (χ4n) is 3.62. The Kier molecular flexibility index (Phi) is 8.25. The van der Waals surface area contributed by atoms with Crippen molar-refractivity contribution in [3.05, 3.63) is 94.0 Å². The van der Waals surface area contributed by atoms with Gasteiger partial charge in [-0.15, -0.1) is 0 Å². The Morgan fingerprint density at radius 3 is 2.50 bits per heavy atom. The monoisotopic (exact) mass is 524 g/mol. The Morgan fingerprint density at radius 1 is 0.972 bits per heavy atom. The summed E-state index contributed by atoms with van der Waals surface area (Å²) in [6.07, 6.45) is 0.362. The molecule has 0 radical (unpaired) electrons.